The number of para-hydroxylation sites is 2. The maximum absolute atomic E-state index is 12.3. The van der Waals surface area contributed by atoms with E-state index in [-0.39, 0.29) is 18.1 Å². The van der Waals surface area contributed by atoms with Gasteiger partial charge in [-0.05, 0) is 49.6 Å². The molecule has 172 valence electrons. The van der Waals surface area contributed by atoms with Crippen LogP contribution in [0.1, 0.15) is 25.3 Å². The summed E-state index contributed by atoms with van der Waals surface area (Å²) in [5.41, 5.74) is 1.78. The average Bonchev–Trinajstić information content (AvgIpc) is 3.35. The van der Waals surface area contributed by atoms with Gasteiger partial charge in [0, 0.05) is 25.9 Å². The van der Waals surface area contributed by atoms with Crippen LogP contribution < -0.4 is 25.4 Å². The van der Waals surface area contributed by atoms with E-state index >= 15 is 0 Å². The second-order valence-electron chi connectivity index (χ2n) is 7.58. The molecule has 2 aromatic carbocycles. The third kappa shape index (κ3) is 6.88. The third-order valence-corrected chi connectivity index (χ3v) is 5.05. The number of ether oxygens (including phenoxy) is 3. The van der Waals surface area contributed by atoms with Gasteiger partial charge in [0.25, 0.3) is 5.91 Å². The summed E-state index contributed by atoms with van der Waals surface area (Å²) in [4.78, 5) is 16.5. The molecule has 8 heteroatoms. The van der Waals surface area contributed by atoms with Crippen molar-refractivity contribution in [1.29, 1.82) is 0 Å². The van der Waals surface area contributed by atoms with E-state index in [1.165, 1.54) is 0 Å². The maximum Gasteiger partial charge on any atom is 0.253 e. The summed E-state index contributed by atoms with van der Waals surface area (Å²) >= 11 is 0. The number of hydrogen-bond donors (Lipinski definition) is 3. The molecule has 0 aromatic heterocycles. The Hall–Kier alpha value is -3.26. The number of carbonyl (C=O) groups is 1. The van der Waals surface area contributed by atoms with Crippen molar-refractivity contribution in [3.8, 4) is 11.5 Å². The number of rotatable bonds is 9. The van der Waals surface area contributed by atoms with Crippen LogP contribution in [0.3, 0.4) is 0 Å². The van der Waals surface area contributed by atoms with Gasteiger partial charge in [-0.2, -0.15) is 0 Å². The lowest BCUT2D eigenvalue weighted by Crippen LogP contribution is -2.41. The van der Waals surface area contributed by atoms with Crippen molar-refractivity contribution in [2.24, 2.45) is 4.99 Å². The number of anilines is 1. The van der Waals surface area contributed by atoms with Gasteiger partial charge in [-0.15, -0.1) is 0 Å². The maximum atomic E-state index is 12.3. The lowest BCUT2D eigenvalue weighted by atomic mass is 10.2. The number of guanidine groups is 1. The third-order valence-electron chi connectivity index (χ3n) is 5.05. The number of hydrogen-bond acceptors (Lipinski definition) is 5. The van der Waals surface area contributed by atoms with Gasteiger partial charge in [0.05, 0.1) is 13.7 Å². The van der Waals surface area contributed by atoms with Gasteiger partial charge < -0.3 is 30.2 Å². The first kappa shape index (κ1) is 23.4. The zero-order valence-corrected chi connectivity index (χ0v) is 18.9. The monoisotopic (exact) mass is 440 g/mol. The summed E-state index contributed by atoms with van der Waals surface area (Å²) in [7, 11) is 3.35. The second kappa shape index (κ2) is 12.0. The largest absolute Gasteiger partial charge is 0.493 e. The Morgan fingerprint density at radius 1 is 1.19 bits per heavy atom. The summed E-state index contributed by atoms with van der Waals surface area (Å²) in [6.45, 7) is 3.75. The van der Waals surface area contributed by atoms with Crippen LogP contribution >= 0.6 is 0 Å². The van der Waals surface area contributed by atoms with Crippen molar-refractivity contribution in [2.45, 2.75) is 38.5 Å². The Morgan fingerprint density at radius 2 is 2.00 bits per heavy atom. The molecule has 32 heavy (non-hydrogen) atoms. The van der Waals surface area contributed by atoms with E-state index < -0.39 is 0 Å². The van der Waals surface area contributed by atoms with E-state index in [0.717, 1.165) is 24.1 Å². The van der Waals surface area contributed by atoms with E-state index in [1.807, 2.05) is 55.5 Å². The Morgan fingerprint density at radius 3 is 2.72 bits per heavy atom. The van der Waals surface area contributed by atoms with Gasteiger partial charge >= 0.3 is 0 Å². The number of nitrogens with one attached hydrogen (secondary N) is 3. The molecule has 0 bridgehead atoms. The molecule has 1 amide bonds. The highest BCUT2D eigenvalue weighted by Gasteiger charge is 2.23. The number of amides is 1. The highest BCUT2D eigenvalue weighted by molar-refractivity contribution is 5.94. The molecular weight excluding hydrogens is 408 g/mol. The Labute approximate surface area is 189 Å². The van der Waals surface area contributed by atoms with E-state index in [2.05, 4.69) is 20.9 Å². The normalized spacial score (nSPS) is 16.8. The van der Waals surface area contributed by atoms with Crippen molar-refractivity contribution < 1.29 is 19.0 Å². The van der Waals surface area contributed by atoms with Gasteiger partial charge in [0.2, 0.25) is 0 Å². The first-order chi connectivity index (χ1) is 15.6. The molecule has 0 radical (unpaired) electrons. The van der Waals surface area contributed by atoms with Crippen LogP contribution in [0.5, 0.6) is 11.5 Å². The number of methoxy groups -OCH3 is 1. The summed E-state index contributed by atoms with van der Waals surface area (Å²) in [5, 5.41) is 9.49. The molecule has 3 rings (SSSR count). The standard InChI is InChI=1S/C24H32N4O4/c1-17(32-21-11-5-4-10-20(21)30-3)15-26-24(25-2)27-16-18-8-6-9-19(14-18)28-23(29)22-12-7-13-31-22/h4-6,8-11,14,17,22H,7,12-13,15-16H2,1-3H3,(H,28,29)(H2,25,26,27). The molecule has 1 aliphatic heterocycles. The fourth-order valence-electron chi connectivity index (χ4n) is 3.39. The first-order valence-electron chi connectivity index (χ1n) is 10.8. The second-order valence-corrected chi connectivity index (χ2v) is 7.58. The molecule has 2 aromatic rings. The molecule has 8 nitrogen and oxygen atoms in total. The van der Waals surface area contributed by atoms with E-state index in [0.29, 0.717) is 37.2 Å². The summed E-state index contributed by atoms with van der Waals surface area (Å²) in [6.07, 6.45) is 1.26. The van der Waals surface area contributed by atoms with Crippen molar-refractivity contribution in [2.75, 3.05) is 32.6 Å². The van der Waals surface area contributed by atoms with Gasteiger partial charge in [0.1, 0.15) is 12.2 Å². The molecule has 0 aliphatic carbocycles. The molecule has 1 fully saturated rings. The molecule has 0 saturated carbocycles. The molecule has 1 aliphatic rings. The van der Waals surface area contributed by atoms with Crippen molar-refractivity contribution in [3.05, 3.63) is 54.1 Å². The average molecular weight is 441 g/mol. The Bertz CT molecular complexity index is 912. The highest BCUT2D eigenvalue weighted by Crippen LogP contribution is 2.26. The lowest BCUT2D eigenvalue weighted by molar-refractivity contribution is -0.124. The van der Waals surface area contributed by atoms with Crippen molar-refractivity contribution >= 4 is 17.6 Å². The van der Waals surface area contributed by atoms with Gasteiger partial charge in [-0.1, -0.05) is 24.3 Å². The summed E-state index contributed by atoms with van der Waals surface area (Å²) < 4.78 is 16.7. The van der Waals surface area contributed by atoms with E-state index in [4.69, 9.17) is 14.2 Å². The van der Waals surface area contributed by atoms with Crippen LogP contribution in [0.4, 0.5) is 5.69 Å². The molecular formula is C24H32N4O4. The predicted molar refractivity (Wildman–Crippen MR) is 125 cm³/mol. The molecule has 2 unspecified atom stereocenters. The number of benzene rings is 2. The van der Waals surface area contributed by atoms with E-state index in [9.17, 15) is 4.79 Å². The fourth-order valence-corrected chi connectivity index (χ4v) is 3.39. The smallest absolute Gasteiger partial charge is 0.253 e. The topological polar surface area (TPSA) is 93.2 Å². The number of nitrogens with zero attached hydrogens (tertiary/aromatic N) is 1. The highest BCUT2D eigenvalue weighted by atomic mass is 16.5. The van der Waals surface area contributed by atoms with Gasteiger partial charge in [-0.3, -0.25) is 9.79 Å². The first-order valence-corrected chi connectivity index (χ1v) is 10.8. The van der Waals surface area contributed by atoms with Crippen LogP contribution in [0, 0.1) is 0 Å². The minimum absolute atomic E-state index is 0.0888. The molecule has 2 atom stereocenters. The van der Waals surface area contributed by atoms with Crippen molar-refractivity contribution in [3.63, 3.8) is 0 Å². The molecule has 3 N–H and O–H groups in total. The van der Waals surface area contributed by atoms with Crippen LogP contribution in [0.2, 0.25) is 0 Å². The SMILES string of the molecule is CN=C(NCc1cccc(NC(=O)C2CCCO2)c1)NCC(C)Oc1ccccc1OC. The Balaban J connectivity index is 1.46. The zero-order chi connectivity index (χ0) is 22.8. The van der Waals surface area contributed by atoms with Crippen LogP contribution in [-0.4, -0.2) is 51.4 Å². The van der Waals surface area contributed by atoms with Gasteiger partial charge in [0.15, 0.2) is 17.5 Å². The minimum Gasteiger partial charge on any atom is -0.493 e. The molecule has 0 spiro atoms. The quantitative estimate of drug-likeness (QED) is 0.410. The van der Waals surface area contributed by atoms with Gasteiger partial charge in [-0.25, -0.2) is 0 Å². The number of carbonyl (C=O) groups excluding carboxylic acids is 1. The summed E-state index contributed by atoms with van der Waals surface area (Å²) in [6, 6.07) is 15.3. The van der Waals surface area contributed by atoms with Crippen LogP contribution in [0.25, 0.3) is 0 Å². The zero-order valence-electron chi connectivity index (χ0n) is 18.9. The van der Waals surface area contributed by atoms with Crippen molar-refractivity contribution in [1.82, 2.24) is 10.6 Å². The molecule has 1 saturated heterocycles. The van der Waals surface area contributed by atoms with Crippen LogP contribution in [0.15, 0.2) is 53.5 Å². The van der Waals surface area contributed by atoms with Crippen LogP contribution in [-0.2, 0) is 16.1 Å². The number of aliphatic imine (C=N–C) groups is 1. The molecule has 1 heterocycles. The lowest BCUT2D eigenvalue weighted by Gasteiger charge is -2.19. The predicted octanol–water partition coefficient (Wildman–Crippen LogP) is 2.95. The minimum atomic E-state index is -0.347. The summed E-state index contributed by atoms with van der Waals surface area (Å²) in [5.74, 6) is 1.98. The van der Waals surface area contributed by atoms with E-state index in [1.54, 1.807) is 14.2 Å². The Kier molecular flexibility index (Phi) is 8.74. The fraction of sp³-hybridized carbons (Fsp3) is 0.417.